The van der Waals surface area contributed by atoms with Crippen LogP contribution < -0.4 is 5.73 Å². The Labute approximate surface area is 80.6 Å². The van der Waals surface area contributed by atoms with Crippen LogP contribution in [0.5, 0.6) is 0 Å². The maximum absolute atomic E-state index is 11.2. The van der Waals surface area contributed by atoms with E-state index < -0.39 is 6.04 Å². The SMILES string of the molecule is CCCCC[C@@H](N)C(=O)OC(C)C. The molecule has 0 spiro atoms. The van der Waals surface area contributed by atoms with Gasteiger partial charge in [-0.15, -0.1) is 0 Å². The maximum Gasteiger partial charge on any atom is 0.323 e. The lowest BCUT2D eigenvalue weighted by Gasteiger charge is -2.13. The first-order chi connectivity index (χ1) is 6.07. The molecule has 78 valence electrons. The number of hydrogen-bond acceptors (Lipinski definition) is 3. The van der Waals surface area contributed by atoms with E-state index in [-0.39, 0.29) is 12.1 Å². The molecule has 0 saturated carbocycles. The predicted molar refractivity (Wildman–Crippen MR) is 53.3 cm³/mol. The van der Waals surface area contributed by atoms with Gasteiger partial charge in [-0.05, 0) is 20.3 Å². The zero-order valence-electron chi connectivity index (χ0n) is 8.88. The van der Waals surface area contributed by atoms with Gasteiger partial charge >= 0.3 is 5.97 Å². The van der Waals surface area contributed by atoms with E-state index in [4.69, 9.17) is 10.5 Å². The lowest BCUT2D eigenvalue weighted by atomic mass is 10.1. The van der Waals surface area contributed by atoms with Gasteiger partial charge in [-0.25, -0.2) is 0 Å². The minimum atomic E-state index is -0.436. The molecule has 3 heteroatoms. The molecule has 0 saturated heterocycles. The fraction of sp³-hybridized carbons (Fsp3) is 0.900. The van der Waals surface area contributed by atoms with Crippen LogP contribution in [0.25, 0.3) is 0 Å². The van der Waals surface area contributed by atoms with Gasteiger partial charge in [0.05, 0.1) is 6.10 Å². The second kappa shape index (κ2) is 6.89. The van der Waals surface area contributed by atoms with E-state index in [1.165, 1.54) is 0 Å². The van der Waals surface area contributed by atoms with E-state index in [0.29, 0.717) is 0 Å². The normalized spacial score (nSPS) is 13.0. The van der Waals surface area contributed by atoms with Crippen LogP contribution in [-0.2, 0) is 9.53 Å². The van der Waals surface area contributed by atoms with Crippen molar-refractivity contribution in [3.8, 4) is 0 Å². The quantitative estimate of drug-likeness (QED) is 0.510. The standard InChI is InChI=1S/C10H21NO2/c1-4-5-6-7-9(11)10(12)13-8(2)3/h8-9H,4-7,11H2,1-3H3/t9-/m1/s1. The molecule has 0 bridgehead atoms. The number of nitrogens with two attached hydrogens (primary N) is 1. The fourth-order valence-corrected chi connectivity index (χ4v) is 1.05. The van der Waals surface area contributed by atoms with Crippen molar-refractivity contribution in [3.63, 3.8) is 0 Å². The van der Waals surface area contributed by atoms with Gasteiger partial charge in [0.2, 0.25) is 0 Å². The average molecular weight is 187 g/mol. The molecule has 0 aliphatic carbocycles. The van der Waals surface area contributed by atoms with Crippen LogP contribution >= 0.6 is 0 Å². The van der Waals surface area contributed by atoms with Crippen LogP contribution in [0.3, 0.4) is 0 Å². The summed E-state index contributed by atoms with van der Waals surface area (Å²) in [5, 5.41) is 0. The Bertz CT molecular complexity index is 146. The first kappa shape index (κ1) is 12.4. The topological polar surface area (TPSA) is 52.3 Å². The van der Waals surface area contributed by atoms with Crippen molar-refractivity contribution < 1.29 is 9.53 Å². The minimum Gasteiger partial charge on any atom is -0.462 e. The Hall–Kier alpha value is -0.570. The highest BCUT2D eigenvalue weighted by Gasteiger charge is 2.15. The van der Waals surface area contributed by atoms with E-state index >= 15 is 0 Å². The minimum absolute atomic E-state index is 0.0651. The van der Waals surface area contributed by atoms with Gasteiger partial charge in [-0.1, -0.05) is 26.2 Å². The summed E-state index contributed by atoms with van der Waals surface area (Å²) in [5.74, 6) is -0.272. The van der Waals surface area contributed by atoms with E-state index in [9.17, 15) is 4.79 Å². The lowest BCUT2D eigenvalue weighted by Crippen LogP contribution is -2.33. The zero-order valence-corrected chi connectivity index (χ0v) is 8.88. The smallest absolute Gasteiger partial charge is 0.323 e. The number of esters is 1. The van der Waals surface area contributed by atoms with Gasteiger partial charge in [0, 0.05) is 0 Å². The molecule has 0 aliphatic rings. The molecule has 0 aromatic heterocycles. The third-order valence-corrected chi connectivity index (χ3v) is 1.77. The summed E-state index contributed by atoms with van der Waals surface area (Å²) in [6, 6.07) is -0.436. The molecule has 0 fully saturated rings. The van der Waals surface area contributed by atoms with Gasteiger partial charge in [0.15, 0.2) is 0 Å². The van der Waals surface area contributed by atoms with Crippen molar-refractivity contribution in [1.82, 2.24) is 0 Å². The van der Waals surface area contributed by atoms with Crippen LogP contribution in [0, 0.1) is 0 Å². The molecule has 0 rings (SSSR count). The summed E-state index contributed by atoms with van der Waals surface area (Å²) < 4.78 is 4.98. The highest BCUT2D eigenvalue weighted by molar-refractivity contribution is 5.75. The number of carbonyl (C=O) groups excluding carboxylic acids is 1. The Balaban J connectivity index is 3.57. The van der Waals surface area contributed by atoms with Gasteiger partial charge in [0.1, 0.15) is 6.04 Å². The highest BCUT2D eigenvalue weighted by Crippen LogP contribution is 2.04. The van der Waals surface area contributed by atoms with Crippen molar-refractivity contribution in [1.29, 1.82) is 0 Å². The first-order valence-electron chi connectivity index (χ1n) is 5.04. The molecule has 0 aliphatic heterocycles. The van der Waals surface area contributed by atoms with Crippen molar-refractivity contribution in [3.05, 3.63) is 0 Å². The molecule has 0 amide bonds. The molecule has 0 radical (unpaired) electrons. The molecule has 0 heterocycles. The van der Waals surface area contributed by atoms with Gasteiger partial charge in [-0.2, -0.15) is 0 Å². The Morgan fingerprint density at radius 1 is 1.38 bits per heavy atom. The summed E-state index contributed by atoms with van der Waals surface area (Å²) in [5.41, 5.74) is 5.63. The van der Waals surface area contributed by atoms with E-state index in [1.807, 2.05) is 13.8 Å². The first-order valence-corrected chi connectivity index (χ1v) is 5.04. The van der Waals surface area contributed by atoms with Crippen LogP contribution in [0.15, 0.2) is 0 Å². The Morgan fingerprint density at radius 2 is 2.00 bits per heavy atom. The largest absolute Gasteiger partial charge is 0.462 e. The molecule has 13 heavy (non-hydrogen) atoms. The second-order valence-corrected chi connectivity index (χ2v) is 3.59. The van der Waals surface area contributed by atoms with Crippen LogP contribution in [0.4, 0.5) is 0 Å². The fourth-order valence-electron chi connectivity index (χ4n) is 1.05. The zero-order chi connectivity index (χ0) is 10.3. The molecule has 0 aromatic carbocycles. The van der Waals surface area contributed by atoms with E-state index in [0.717, 1.165) is 25.7 Å². The highest BCUT2D eigenvalue weighted by atomic mass is 16.5. The summed E-state index contributed by atoms with van der Waals surface area (Å²) in [7, 11) is 0. The molecule has 0 unspecified atom stereocenters. The monoisotopic (exact) mass is 187 g/mol. The van der Waals surface area contributed by atoms with Crippen LogP contribution in [0.2, 0.25) is 0 Å². The van der Waals surface area contributed by atoms with Crippen molar-refractivity contribution in [2.45, 2.75) is 58.6 Å². The third-order valence-electron chi connectivity index (χ3n) is 1.77. The third kappa shape index (κ3) is 6.58. The lowest BCUT2D eigenvalue weighted by molar-refractivity contribution is -0.149. The maximum atomic E-state index is 11.2. The van der Waals surface area contributed by atoms with Crippen LogP contribution in [0.1, 0.15) is 46.5 Å². The average Bonchev–Trinajstić information content (AvgIpc) is 2.03. The van der Waals surface area contributed by atoms with Crippen molar-refractivity contribution in [2.75, 3.05) is 0 Å². The summed E-state index contributed by atoms with van der Waals surface area (Å²) >= 11 is 0. The van der Waals surface area contributed by atoms with E-state index in [1.54, 1.807) is 0 Å². The second-order valence-electron chi connectivity index (χ2n) is 3.59. The Kier molecular flexibility index (Phi) is 6.59. The number of carbonyl (C=O) groups is 1. The van der Waals surface area contributed by atoms with Gasteiger partial charge < -0.3 is 10.5 Å². The van der Waals surface area contributed by atoms with Gasteiger partial charge in [-0.3, -0.25) is 4.79 Å². The number of ether oxygens (including phenoxy) is 1. The van der Waals surface area contributed by atoms with Crippen molar-refractivity contribution in [2.24, 2.45) is 5.73 Å². The number of unbranched alkanes of at least 4 members (excludes halogenated alkanes) is 2. The Morgan fingerprint density at radius 3 is 2.46 bits per heavy atom. The number of rotatable bonds is 6. The van der Waals surface area contributed by atoms with Crippen molar-refractivity contribution >= 4 is 5.97 Å². The molecule has 3 nitrogen and oxygen atoms in total. The molecule has 2 N–H and O–H groups in total. The molecular formula is C10H21NO2. The predicted octanol–water partition coefficient (Wildman–Crippen LogP) is 1.85. The van der Waals surface area contributed by atoms with E-state index in [2.05, 4.69) is 6.92 Å². The molecular weight excluding hydrogens is 166 g/mol. The summed E-state index contributed by atoms with van der Waals surface area (Å²) in [4.78, 5) is 11.2. The van der Waals surface area contributed by atoms with Crippen LogP contribution in [-0.4, -0.2) is 18.1 Å². The van der Waals surface area contributed by atoms with Gasteiger partial charge in [0.25, 0.3) is 0 Å². The molecule has 0 aromatic rings. The summed E-state index contributed by atoms with van der Waals surface area (Å²) in [6.07, 6.45) is 3.95. The summed E-state index contributed by atoms with van der Waals surface area (Å²) in [6.45, 7) is 5.78. The number of hydrogen-bond donors (Lipinski definition) is 1. The molecule has 1 atom stereocenters.